The van der Waals surface area contributed by atoms with E-state index in [1.807, 2.05) is 18.2 Å². The first-order valence-corrected chi connectivity index (χ1v) is 8.70. The number of carbonyl (C=O) groups excluding carboxylic acids is 2. The third-order valence-electron chi connectivity index (χ3n) is 4.69. The molecule has 2 unspecified atom stereocenters. The van der Waals surface area contributed by atoms with E-state index < -0.39 is 28.8 Å². The van der Waals surface area contributed by atoms with E-state index in [0.717, 1.165) is 5.52 Å². The quantitative estimate of drug-likeness (QED) is 0.322. The van der Waals surface area contributed by atoms with Crippen LogP contribution in [-0.2, 0) is 14.3 Å². The van der Waals surface area contributed by atoms with Crippen molar-refractivity contribution < 1.29 is 19.2 Å². The second kappa shape index (κ2) is 6.76. The molecule has 0 saturated heterocycles. The van der Waals surface area contributed by atoms with Gasteiger partial charge in [-0.05, 0) is 24.6 Å². The van der Waals surface area contributed by atoms with Crippen molar-refractivity contribution in [1.82, 2.24) is 9.55 Å². The van der Waals surface area contributed by atoms with E-state index >= 15 is 0 Å². The number of nitrogens with zero attached hydrogens (tertiary/aromatic N) is 3. The van der Waals surface area contributed by atoms with E-state index in [-0.39, 0.29) is 12.3 Å². The number of non-ortho nitro benzene ring substituents is 1. The summed E-state index contributed by atoms with van der Waals surface area (Å²) in [6, 6.07) is 12.4. The predicted octanol–water partition coefficient (Wildman–Crippen LogP) is 2.67. The second-order valence-electron chi connectivity index (χ2n) is 6.31. The van der Waals surface area contributed by atoms with Gasteiger partial charge in [0, 0.05) is 12.1 Å². The van der Waals surface area contributed by atoms with Gasteiger partial charge < -0.3 is 9.30 Å². The van der Waals surface area contributed by atoms with Gasteiger partial charge in [0.15, 0.2) is 5.92 Å². The van der Waals surface area contributed by atoms with E-state index in [1.54, 1.807) is 29.7 Å². The van der Waals surface area contributed by atoms with Crippen molar-refractivity contribution in [2.45, 2.75) is 13.0 Å². The molecule has 1 N–H and O–H groups in total. The van der Waals surface area contributed by atoms with Crippen molar-refractivity contribution in [1.29, 1.82) is 0 Å². The Balaban J connectivity index is 1.92. The molecule has 2 atom stereocenters. The number of nitro groups is 1. The van der Waals surface area contributed by atoms with Crippen molar-refractivity contribution in [2.75, 3.05) is 11.9 Å². The lowest BCUT2D eigenvalue weighted by Gasteiger charge is -2.32. The largest absolute Gasteiger partial charge is 0.465 e. The molecule has 28 heavy (non-hydrogen) atoms. The molecule has 0 radical (unpaired) electrons. The van der Waals surface area contributed by atoms with Crippen LogP contribution in [0.2, 0.25) is 0 Å². The molecule has 1 aromatic heterocycles. The zero-order chi connectivity index (χ0) is 19.8. The number of benzene rings is 2. The Morgan fingerprint density at radius 3 is 2.64 bits per heavy atom. The molecule has 2 heterocycles. The first-order chi connectivity index (χ1) is 13.5. The van der Waals surface area contributed by atoms with Gasteiger partial charge in [-0.25, -0.2) is 4.98 Å². The minimum Gasteiger partial charge on any atom is -0.465 e. The normalized spacial score (nSPS) is 18.4. The third-order valence-corrected chi connectivity index (χ3v) is 4.69. The summed E-state index contributed by atoms with van der Waals surface area (Å²) in [5, 5.41) is 13.7. The summed E-state index contributed by atoms with van der Waals surface area (Å²) in [7, 11) is 0. The van der Waals surface area contributed by atoms with Gasteiger partial charge in [-0.2, -0.15) is 0 Å². The van der Waals surface area contributed by atoms with Gasteiger partial charge in [-0.15, -0.1) is 0 Å². The van der Waals surface area contributed by atoms with Gasteiger partial charge in [0.2, 0.25) is 11.9 Å². The van der Waals surface area contributed by atoms with Crippen LogP contribution >= 0.6 is 0 Å². The van der Waals surface area contributed by atoms with Gasteiger partial charge in [-0.3, -0.25) is 25.0 Å². The molecule has 9 heteroatoms. The molecule has 4 rings (SSSR count). The van der Waals surface area contributed by atoms with E-state index in [1.165, 1.54) is 12.1 Å². The van der Waals surface area contributed by atoms with Crippen molar-refractivity contribution in [2.24, 2.45) is 5.92 Å². The molecule has 2 aromatic carbocycles. The van der Waals surface area contributed by atoms with Gasteiger partial charge >= 0.3 is 5.97 Å². The average molecular weight is 380 g/mol. The lowest BCUT2D eigenvalue weighted by Crippen LogP contribution is -2.43. The fourth-order valence-corrected chi connectivity index (χ4v) is 3.50. The average Bonchev–Trinajstić information content (AvgIpc) is 3.05. The van der Waals surface area contributed by atoms with Gasteiger partial charge in [0.05, 0.1) is 28.6 Å². The first-order valence-electron chi connectivity index (χ1n) is 8.70. The molecular formula is C19H16N4O5. The zero-order valence-corrected chi connectivity index (χ0v) is 14.9. The summed E-state index contributed by atoms with van der Waals surface area (Å²) in [6.07, 6.45) is 0. The Labute approximate surface area is 159 Å². The molecule has 0 spiro atoms. The molecule has 0 aliphatic carbocycles. The first kappa shape index (κ1) is 17.7. The number of ether oxygens (including phenoxy) is 1. The van der Waals surface area contributed by atoms with Gasteiger partial charge in [-0.1, -0.05) is 24.3 Å². The maximum absolute atomic E-state index is 12.7. The smallest absolute Gasteiger partial charge is 0.321 e. The molecule has 142 valence electrons. The SMILES string of the molecule is CCOC(=O)C1C(=O)Nc2nc3ccccc3n2C1c1ccc([N+](=O)[O-])cc1. The minimum atomic E-state index is -1.15. The number of amides is 1. The molecule has 1 amide bonds. The monoisotopic (exact) mass is 380 g/mol. The van der Waals surface area contributed by atoms with Crippen LogP contribution in [0, 0.1) is 16.0 Å². The number of aromatic nitrogens is 2. The maximum atomic E-state index is 12.7. The van der Waals surface area contributed by atoms with Crippen LogP contribution in [-0.4, -0.2) is 33.0 Å². The maximum Gasteiger partial charge on any atom is 0.321 e. The van der Waals surface area contributed by atoms with Gasteiger partial charge in [0.25, 0.3) is 5.69 Å². The molecule has 3 aromatic rings. The number of carbonyl (C=O) groups is 2. The van der Waals surface area contributed by atoms with Crippen LogP contribution in [0.25, 0.3) is 11.0 Å². The number of hydrogen-bond donors (Lipinski definition) is 1. The Morgan fingerprint density at radius 1 is 1.25 bits per heavy atom. The van der Waals surface area contributed by atoms with Crippen LogP contribution in [0.4, 0.5) is 11.6 Å². The summed E-state index contributed by atoms with van der Waals surface area (Å²) in [5.74, 6) is -2.02. The highest BCUT2D eigenvalue weighted by Gasteiger charge is 2.44. The van der Waals surface area contributed by atoms with E-state index in [4.69, 9.17) is 4.74 Å². The fourth-order valence-electron chi connectivity index (χ4n) is 3.50. The number of nitrogens with one attached hydrogen (secondary N) is 1. The molecular weight excluding hydrogens is 364 g/mol. The zero-order valence-electron chi connectivity index (χ0n) is 14.9. The summed E-state index contributed by atoms with van der Waals surface area (Å²) in [4.78, 5) is 40.3. The van der Waals surface area contributed by atoms with Crippen molar-refractivity contribution >= 4 is 34.5 Å². The fraction of sp³-hybridized carbons (Fsp3) is 0.211. The molecule has 9 nitrogen and oxygen atoms in total. The number of esters is 1. The number of imidazole rings is 1. The van der Waals surface area contributed by atoms with Crippen LogP contribution in [0.3, 0.4) is 0 Å². The standard InChI is InChI=1S/C19H16N4O5/c1-2-28-18(25)15-16(11-7-9-12(10-8-11)23(26)27)22-14-6-4-3-5-13(14)20-19(22)21-17(15)24/h3-10,15-16H,2H2,1H3,(H,20,21,24). The Hall–Kier alpha value is -3.75. The van der Waals surface area contributed by atoms with Crippen LogP contribution in [0.1, 0.15) is 18.5 Å². The number of hydrogen-bond acceptors (Lipinski definition) is 6. The Kier molecular flexibility index (Phi) is 4.26. The molecule has 0 fully saturated rings. The predicted molar refractivity (Wildman–Crippen MR) is 99.7 cm³/mol. The highest BCUT2D eigenvalue weighted by molar-refractivity contribution is 6.07. The van der Waals surface area contributed by atoms with E-state index in [0.29, 0.717) is 17.0 Å². The number of para-hydroxylation sites is 2. The summed E-state index contributed by atoms with van der Waals surface area (Å²) in [6.45, 7) is 1.80. The summed E-state index contributed by atoms with van der Waals surface area (Å²) in [5.41, 5.74) is 1.89. The number of nitro benzene ring substituents is 1. The number of anilines is 1. The molecule has 0 saturated carbocycles. The van der Waals surface area contributed by atoms with Crippen LogP contribution in [0.5, 0.6) is 0 Å². The Morgan fingerprint density at radius 2 is 1.96 bits per heavy atom. The van der Waals surface area contributed by atoms with Crippen molar-refractivity contribution in [3.8, 4) is 0 Å². The van der Waals surface area contributed by atoms with E-state index in [2.05, 4.69) is 10.3 Å². The lowest BCUT2D eigenvalue weighted by molar-refractivity contribution is -0.384. The second-order valence-corrected chi connectivity index (χ2v) is 6.31. The lowest BCUT2D eigenvalue weighted by atomic mass is 9.90. The number of rotatable bonds is 4. The molecule has 1 aliphatic rings. The highest BCUT2D eigenvalue weighted by Crippen LogP contribution is 2.38. The third kappa shape index (κ3) is 2.77. The molecule has 0 bridgehead atoms. The number of fused-ring (bicyclic) bond motifs is 3. The van der Waals surface area contributed by atoms with E-state index in [9.17, 15) is 19.7 Å². The van der Waals surface area contributed by atoms with Crippen molar-refractivity contribution in [3.05, 3.63) is 64.2 Å². The Bertz CT molecular complexity index is 1090. The van der Waals surface area contributed by atoms with Crippen LogP contribution < -0.4 is 5.32 Å². The molecule has 1 aliphatic heterocycles. The van der Waals surface area contributed by atoms with Gasteiger partial charge in [0.1, 0.15) is 0 Å². The summed E-state index contributed by atoms with van der Waals surface area (Å²) < 4.78 is 6.89. The minimum absolute atomic E-state index is 0.0765. The van der Waals surface area contributed by atoms with Crippen LogP contribution in [0.15, 0.2) is 48.5 Å². The topological polar surface area (TPSA) is 116 Å². The van der Waals surface area contributed by atoms with Crippen molar-refractivity contribution in [3.63, 3.8) is 0 Å². The summed E-state index contributed by atoms with van der Waals surface area (Å²) >= 11 is 0. The highest BCUT2D eigenvalue weighted by atomic mass is 16.6.